The number of hydrogen-bond acceptors (Lipinski definition) is 1. The number of hydrogen-bond donors (Lipinski definition) is 0. The lowest BCUT2D eigenvalue weighted by atomic mass is 10.1. The smallest absolute Gasteiger partial charge is 0.291 e. The molecule has 1 fully saturated rings. The van der Waals surface area contributed by atoms with Crippen molar-refractivity contribution in [1.82, 2.24) is 4.90 Å². The van der Waals surface area contributed by atoms with Crippen molar-refractivity contribution in [2.45, 2.75) is 31.1 Å². The van der Waals surface area contributed by atoms with Gasteiger partial charge in [0.2, 0.25) is 0 Å². The van der Waals surface area contributed by atoms with E-state index in [4.69, 9.17) is 0 Å². The lowest BCUT2D eigenvalue weighted by Gasteiger charge is -2.28. The monoisotopic (exact) mass is 217 g/mol. The molecule has 0 aromatic carbocycles. The lowest BCUT2D eigenvalue weighted by molar-refractivity contribution is 0.226. The number of piperidine rings is 1. The zero-order valence-electron chi connectivity index (χ0n) is 5.94. The molecule has 1 atom stereocenters. The molecule has 1 unspecified atom stereocenters. The first kappa shape index (κ1) is 11.2. The van der Waals surface area contributed by atoms with Gasteiger partial charge in [0.25, 0.3) is 0 Å². The summed E-state index contributed by atoms with van der Waals surface area (Å²) in [5.74, 6) is 0. The van der Waals surface area contributed by atoms with Gasteiger partial charge in [-0.15, -0.1) is 0 Å². The molecule has 0 amide bonds. The summed E-state index contributed by atoms with van der Waals surface area (Å²) in [6.45, 7) is 4.77. The van der Waals surface area contributed by atoms with Gasteiger partial charge < -0.3 is 0 Å². The van der Waals surface area contributed by atoms with E-state index >= 15 is 0 Å². The molecule has 0 radical (unpaired) electrons. The molecule has 10 heavy (non-hydrogen) atoms. The van der Waals surface area contributed by atoms with Crippen LogP contribution < -0.4 is 0 Å². The third-order valence-electron chi connectivity index (χ3n) is 1.89. The average molecular weight is 218 g/mol. The Balaban J connectivity index is 0.000000810. The molecule has 0 aromatic heterocycles. The first-order valence-corrected chi connectivity index (χ1v) is 4.60. The molecule has 1 rings (SSSR count). The zero-order chi connectivity index (χ0) is 6.69. The van der Waals surface area contributed by atoms with E-state index in [1.54, 1.807) is 0 Å². The lowest BCUT2D eigenvalue weighted by Crippen LogP contribution is -2.33. The predicted molar refractivity (Wildman–Crippen MR) is 52.4 cm³/mol. The molecule has 0 bridgehead atoms. The normalized spacial score (nSPS) is 23.4. The van der Waals surface area contributed by atoms with Gasteiger partial charge in [0, 0.05) is 0 Å². The number of halogens is 1. The minimum Gasteiger partial charge on any atom is -0.291 e. The predicted octanol–water partition coefficient (Wildman–Crippen LogP) is 1.30. The molecule has 0 saturated carbocycles. The fourth-order valence-electron chi connectivity index (χ4n) is 1.27. The molecular formula is C7H16BrMgN. The van der Waals surface area contributed by atoms with Crippen molar-refractivity contribution in [2.75, 3.05) is 13.1 Å². The van der Waals surface area contributed by atoms with Crippen LogP contribution in [0.25, 0.3) is 0 Å². The van der Waals surface area contributed by atoms with E-state index in [1.165, 1.54) is 32.4 Å². The van der Waals surface area contributed by atoms with Gasteiger partial charge in [-0.3, -0.25) is 4.90 Å². The largest absolute Gasteiger partial charge is 0.316 e. The maximum atomic E-state index is 3.56. The van der Waals surface area contributed by atoms with Crippen molar-refractivity contribution < 1.29 is 0 Å². The molecule has 1 heterocycles. The minimum absolute atomic E-state index is 0. The zero-order valence-corrected chi connectivity index (χ0v) is 7.52. The Hall–Kier alpha value is 1.21. The highest BCUT2D eigenvalue weighted by Gasteiger charge is 2.12. The standard InChI is InChI=1S/C7H14BrN.Mg.2H/c1-7(8)9-5-3-2-4-6-9;;;/h7H,2-6H2,1H3;;;. The van der Waals surface area contributed by atoms with Crippen molar-refractivity contribution in [3.63, 3.8) is 0 Å². The first-order valence-electron chi connectivity index (χ1n) is 3.69. The second-order valence-corrected chi connectivity index (χ2v) is 4.00. The third kappa shape index (κ3) is 3.55. The van der Waals surface area contributed by atoms with E-state index in [2.05, 4.69) is 27.8 Å². The number of rotatable bonds is 1. The van der Waals surface area contributed by atoms with Gasteiger partial charge in [-0.05, 0) is 32.9 Å². The molecule has 0 aromatic rings. The molecule has 1 aliphatic rings. The Morgan fingerprint density at radius 1 is 1.20 bits per heavy atom. The Morgan fingerprint density at radius 2 is 1.70 bits per heavy atom. The number of alkyl halides is 1. The van der Waals surface area contributed by atoms with Crippen LogP contribution in [-0.2, 0) is 0 Å². The number of likely N-dealkylation sites (tertiary alicyclic amines) is 1. The third-order valence-corrected chi connectivity index (χ3v) is 2.47. The highest BCUT2D eigenvalue weighted by Crippen LogP contribution is 2.14. The SMILES string of the molecule is CC(Br)N1CCCCC1.[MgH2]. The maximum absolute atomic E-state index is 3.56. The van der Waals surface area contributed by atoms with Gasteiger partial charge in [-0.25, -0.2) is 0 Å². The Labute approximate surface area is 87.8 Å². The summed E-state index contributed by atoms with van der Waals surface area (Å²) in [6, 6.07) is 0. The summed E-state index contributed by atoms with van der Waals surface area (Å²) in [5, 5.41) is 0. The van der Waals surface area contributed by atoms with Crippen LogP contribution in [0.2, 0.25) is 0 Å². The van der Waals surface area contributed by atoms with Crippen molar-refractivity contribution in [1.29, 1.82) is 0 Å². The Bertz CT molecular complexity index is 81.7. The van der Waals surface area contributed by atoms with Crippen molar-refractivity contribution in [3.8, 4) is 0 Å². The van der Waals surface area contributed by atoms with Gasteiger partial charge in [-0.1, -0.05) is 22.4 Å². The minimum atomic E-state index is 0. The Morgan fingerprint density at radius 3 is 2.00 bits per heavy atom. The average Bonchev–Trinajstić information content (AvgIpc) is 1.90. The summed E-state index contributed by atoms with van der Waals surface area (Å²) < 4.78 is 0. The van der Waals surface area contributed by atoms with Crippen LogP contribution in [0.3, 0.4) is 0 Å². The Kier molecular flexibility index (Phi) is 6.51. The van der Waals surface area contributed by atoms with Gasteiger partial charge >= 0.3 is 23.1 Å². The molecular weight excluding hydrogens is 202 g/mol. The van der Waals surface area contributed by atoms with E-state index in [0.717, 1.165) is 0 Å². The second-order valence-electron chi connectivity index (χ2n) is 2.67. The van der Waals surface area contributed by atoms with Gasteiger partial charge in [0.15, 0.2) is 0 Å². The van der Waals surface area contributed by atoms with Gasteiger partial charge in [-0.2, -0.15) is 0 Å². The molecule has 3 heteroatoms. The molecule has 0 spiro atoms. The summed E-state index contributed by atoms with van der Waals surface area (Å²) in [5.41, 5.74) is 0. The molecule has 1 nitrogen and oxygen atoms in total. The van der Waals surface area contributed by atoms with Crippen molar-refractivity contribution >= 4 is 39.0 Å². The van der Waals surface area contributed by atoms with E-state index in [-0.39, 0.29) is 23.1 Å². The van der Waals surface area contributed by atoms with Gasteiger partial charge in [0.1, 0.15) is 0 Å². The molecule has 1 saturated heterocycles. The number of nitrogens with zero attached hydrogens (tertiary/aromatic N) is 1. The fraction of sp³-hybridized carbons (Fsp3) is 1.00. The molecule has 58 valence electrons. The van der Waals surface area contributed by atoms with E-state index in [0.29, 0.717) is 4.95 Å². The van der Waals surface area contributed by atoms with Crippen molar-refractivity contribution in [3.05, 3.63) is 0 Å². The van der Waals surface area contributed by atoms with Crippen LogP contribution in [0.4, 0.5) is 0 Å². The van der Waals surface area contributed by atoms with E-state index in [9.17, 15) is 0 Å². The quantitative estimate of drug-likeness (QED) is 0.364. The van der Waals surface area contributed by atoms with Gasteiger partial charge in [0.05, 0.1) is 4.95 Å². The van der Waals surface area contributed by atoms with Crippen LogP contribution in [0, 0.1) is 0 Å². The topological polar surface area (TPSA) is 3.24 Å². The molecule has 1 aliphatic heterocycles. The summed E-state index contributed by atoms with van der Waals surface area (Å²) in [6.07, 6.45) is 4.20. The molecule has 0 aliphatic carbocycles. The van der Waals surface area contributed by atoms with Crippen LogP contribution in [0.1, 0.15) is 26.2 Å². The highest BCUT2D eigenvalue weighted by molar-refractivity contribution is 9.09. The van der Waals surface area contributed by atoms with Crippen LogP contribution in [0.5, 0.6) is 0 Å². The first-order chi connectivity index (χ1) is 4.30. The second kappa shape index (κ2) is 5.81. The summed E-state index contributed by atoms with van der Waals surface area (Å²) in [7, 11) is 0. The van der Waals surface area contributed by atoms with Crippen LogP contribution >= 0.6 is 15.9 Å². The highest BCUT2D eigenvalue weighted by atomic mass is 79.9. The van der Waals surface area contributed by atoms with E-state index < -0.39 is 0 Å². The summed E-state index contributed by atoms with van der Waals surface area (Å²) in [4.78, 5) is 3.06. The fourth-order valence-corrected chi connectivity index (χ4v) is 1.68. The van der Waals surface area contributed by atoms with Crippen molar-refractivity contribution in [2.24, 2.45) is 0 Å². The summed E-state index contributed by atoms with van der Waals surface area (Å²) >= 11 is 3.56. The van der Waals surface area contributed by atoms with E-state index in [1.807, 2.05) is 0 Å². The van der Waals surface area contributed by atoms with Crippen LogP contribution in [0.15, 0.2) is 0 Å². The molecule has 0 N–H and O–H groups in total. The maximum Gasteiger partial charge on any atom is 0.316 e. The van der Waals surface area contributed by atoms with Crippen LogP contribution in [-0.4, -0.2) is 46.0 Å².